The van der Waals surface area contributed by atoms with Crippen molar-refractivity contribution in [3.63, 3.8) is 0 Å². The molecule has 0 aromatic rings. The maximum Gasteiger partial charge on any atom is 0.323 e. The van der Waals surface area contributed by atoms with E-state index in [4.69, 9.17) is 9.47 Å². The summed E-state index contributed by atoms with van der Waals surface area (Å²) in [5, 5.41) is 0. The van der Waals surface area contributed by atoms with Gasteiger partial charge in [0.15, 0.2) is 0 Å². The molecule has 0 aliphatic carbocycles. The predicted molar refractivity (Wildman–Crippen MR) is 64.4 cm³/mol. The summed E-state index contributed by atoms with van der Waals surface area (Å²) in [5.41, 5.74) is -0.425. The number of hydrogen-bond acceptors (Lipinski definition) is 4. The molecule has 0 fully saturated rings. The van der Waals surface area contributed by atoms with Crippen LogP contribution in [0.2, 0.25) is 0 Å². The molecule has 0 aromatic carbocycles. The largest absolute Gasteiger partial charge is 0.459 e. The Bertz CT molecular complexity index is 211. The summed E-state index contributed by atoms with van der Waals surface area (Å²) < 4.78 is 10.5. The second kappa shape index (κ2) is 6.86. The van der Waals surface area contributed by atoms with Crippen molar-refractivity contribution in [2.45, 2.75) is 46.3 Å². The Morgan fingerprint density at radius 3 is 2.38 bits per heavy atom. The molecule has 16 heavy (non-hydrogen) atoms. The van der Waals surface area contributed by atoms with E-state index in [2.05, 4.69) is 0 Å². The molecule has 1 atom stereocenters. The van der Waals surface area contributed by atoms with Crippen LogP contribution in [0.1, 0.15) is 34.6 Å². The quantitative estimate of drug-likeness (QED) is 0.515. The van der Waals surface area contributed by atoms with Crippen LogP contribution in [-0.2, 0) is 14.3 Å². The van der Waals surface area contributed by atoms with Gasteiger partial charge in [-0.2, -0.15) is 0 Å². The Kier molecular flexibility index (Phi) is 6.60. The van der Waals surface area contributed by atoms with Gasteiger partial charge in [-0.1, -0.05) is 0 Å². The first kappa shape index (κ1) is 15.4. The Balaban J connectivity index is 4.01. The van der Waals surface area contributed by atoms with Crippen LogP contribution in [-0.4, -0.2) is 49.3 Å². The number of carbonyl (C=O) groups is 1. The van der Waals surface area contributed by atoms with Crippen LogP contribution in [0.15, 0.2) is 0 Å². The van der Waals surface area contributed by atoms with Gasteiger partial charge in [0.1, 0.15) is 11.6 Å². The van der Waals surface area contributed by atoms with Crippen molar-refractivity contribution < 1.29 is 14.3 Å². The first-order valence-corrected chi connectivity index (χ1v) is 5.78. The molecule has 0 bridgehead atoms. The van der Waals surface area contributed by atoms with Crippen LogP contribution in [0.25, 0.3) is 0 Å². The Morgan fingerprint density at radius 2 is 1.94 bits per heavy atom. The standard InChI is InChI=1S/C12H25NO3/c1-7-15-9-8-13(6)10(2)11(14)16-12(3,4)5/h10H,7-9H2,1-6H3. The van der Waals surface area contributed by atoms with Gasteiger partial charge in [-0.25, -0.2) is 0 Å². The fourth-order valence-electron chi connectivity index (χ4n) is 1.11. The van der Waals surface area contributed by atoms with Gasteiger partial charge < -0.3 is 9.47 Å². The van der Waals surface area contributed by atoms with Crippen molar-refractivity contribution in [1.29, 1.82) is 0 Å². The van der Waals surface area contributed by atoms with Crippen molar-refractivity contribution in [1.82, 2.24) is 4.90 Å². The summed E-state index contributed by atoms with van der Waals surface area (Å²) >= 11 is 0. The van der Waals surface area contributed by atoms with Gasteiger partial charge in [-0.05, 0) is 41.7 Å². The normalized spacial score (nSPS) is 13.9. The van der Waals surface area contributed by atoms with Crippen molar-refractivity contribution >= 4 is 5.97 Å². The summed E-state index contributed by atoms with van der Waals surface area (Å²) in [5.74, 6) is -0.188. The van der Waals surface area contributed by atoms with Crippen LogP contribution in [0.5, 0.6) is 0 Å². The SMILES string of the molecule is CCOCCN(C)C(C)C(=O)OC(C)(C)C. The molecule has 0 radical (unpaired) electrons. The molecule has 96 valence electrons. The third kappa shape index (κ3) is 6.80. The van der Waals surface area contributed by atoms with Crippen LogP contribution >= 0.6 is 0 Å². The van der Waals surface area contributed by atoms with Crippen LogP contribution in [0.3, 0.4) is 0 Å². The number of rotatable bonds is 6. The van der Waals surface area contributed by atoms with E-state index in [1.807, 2.05) is 46.6 Å². The molecular weight excluding hydrogens is 206 g/mol. The van der Waals surface area contributed by atoms with Crippen LogP contribution < -0.4 is 0 Å². The van der Waals surface area contributed by atoms with E-state index in [9.17, 15) is 4.79 Å². The smallest absolute Gasteiger partial charge is 0.323 e. The predicted octanol–water partition coefficient (Wildman–Crippen LogP) is 1.68. The van der Waals surface area contributed by atoms with E-state index in [1.165, 1.54) is 0 Å². The molecular formula is C12H25NO3. The molecule has 0 aliphatic rings. The van der Waals surface area contributed by atoms with Gasteiger partial charge in [0.05, 0.1) is 6.61 Å². The van der Waals surface area contributed by atoms with Gasteiger partial charge in [-0.3, -0.25) is 9.69 Å². The molecule has 1 unspecified atom stereocenters. The number of hydrogen-bond donors (Lipinski definition) is 0. The van der Waals surface area contributed by atoms with Crippen molar-refractivity contribution in [3.05, 3.63) is 0 Å². The fourth-order valence-corrected chi connectivity index (χ4v) is 1.11. The summed E-state index contributed by atoms with van der Waals surface area (Å²) in [4.78, 5) is 13.7. The molecule has 0 saturated carbocycles. The van der Waals surface area contributed by atoms with Crippen molar-refractivity contribution in [3.8, 4) is 0 Å². The van der Waals surface area contributed by atoms with Gasteiger partial charge in [0.2, 0.25) is 0 Å². The zero-order valence-corrected chi connectivity index (χ0v) is 11.4. The highest BCUT2D eigenvalue weighted by molar-refractivity contribution is 5.75. The molecule has 0 saturated heterocycles. The minimum absolute atomic E-state index is 0.188. The maximum atomic E-state index is 11.7. The van der Waals surface area contributed by atoms with Crippen LogP contribution in [0, 0.1) is 0 Å². The fraction of sp³-hybridized carbons (Fsp3) is 0.917. The zero-order chi connectivity index (χ0) is 12.8. The number of carbonyl (C=O) groups excluding carboxylic acids is 1. The molecule has 0 spiro atoms. The monoisotopic (exact) mass is 231 g/mol. The van der Waals surface area contributed by atoms with Gasteiger partial charge in [-0.15, -0.1) is 0 Å². The van der Waals surface area contributed by atoms with E-state index in [0.29, 0.717) is 13.2 Å². The van der Waals surface area contributed by atoms with E-state index >= 15 is 0 Å². The van der Waals surface area contributed by atoms with E-state index in [-0.39, 0.29) is 12.0 Å². The Hall–Kier alpha value is -0.610. The number of ether oxygens (including phenoxy) is 2. The number of likely N-dealkylation sites (N-methyl/N-ethyl adjacent to an activating group) is 1. The second-order valence-electron chi connectivity index (χ2n) is 4.89. The zero-order valence-electron chi connectivity index (χ0n) is 11.4. The minimum atomic E-state index is -0.425. The molecule has 0 amide bonds. The molecule has 4 nitrogen and oxygen atoms in total. The molecule has 0 aliphatic heterocycles. The maximum absolute atomic E-state index is 11.7. The third-order valence-corrected chi connectivity index (χ3v) is 2.20. The highest BCUT2D eigenvalue weighted by atomic mass is 16.6. The lowest BCUT2D eigenvalue weighted by molar-refractivity contribution is -0.160. The molecule has 0 N–H and O–H groups in total. The van der Waals surface area contributed by atoms with Crippen molar-refractivity contribution in [2.75, 3.05) is 26.8 Å². The summed E-state index contributed by atoms with van der Waals surface area (Å²) in [7, 11) is 1.90. The molecule has 0 aromatic heterocycles. The average Bonchev–Trinajstić information content (AvgIpc) is 2.14. The van der Waals surface area contributed by atoms with Crippen molar-refractivity contribution in [2.24, 2.45) is 0 Å². The first-order chi connectivity index (χ1) is 7.28. The third-order valence-electron chi connectivity index (χ3n) is 2.20. The summed E-state index contributed by atoms with van der Waals surface area (Å²) in [6, 6.07) is -0.236. The van der Waals surface area contributed by atoms with E-state index in [0.717, 1.165) is 6.54 Å². The van der Waals surface area contributed by atoms with E-state index in [1.54, 1.807) is 0 Å². The number of esters is 1. The lowest BCUT2D eigenvalue weighted by Crippen LogP contribution is -2.41. The highest BCUT2D eigenvalue weighted by Crippen LogP contribution is 2.10. The average molecular weight is 231 g/mol. The van der Waals surface area contributed by atoms with Gasteiger partial charge in [0.25, 0.3) is 0 Å². The highest BCUT2D eigenvalue weighted by Gasteiger charge is 2.24. The topological polar surface area (TPSA) is 38.8 Å². The minimum Gasteiger partial charge on any atom is -0.459 e. The van der Waals surface area contributed by atoms with Gasteiger partial charge >= 0.3 is 5.97 Å². The lowest BCUT2D eigenvalue weighted by atomic mass is 10.2. The summed E-state index contributed by atoms with van der Waals surface area (Å²) in [6.07, 6.45) is 0. The summed E-state index contributed by atoms with van der Waals surface area (Å²) in [6.45, 7) is 11.5. The molecule has 4 heteroatoms. The molecule has 0 rings (SSSR count). The van der Waals surface area contributed by atoms with E-state index < -0.39 is 5.60 Å². The Labute approximate surface area is 98.9 Å². The number of nitrogens with zero attached hydrogens (tertiary/aromatic N) is 1. The van der Waals surface area contributed by atoms with Crippen LogP contribution in [0.4, 0.5) is 0 Å². The van der Waals surface area contributed by atoms with Gasteiger partial charge in [0, 0.05) is 13.2 Å². The molecule has 0 heterocycles. The second-order valence-corrected chi connectivity index (χ2v) is 4.89. The Morgan fingerprint density at radius 1 is 1.38 bits per heavy atom. The lowest BCUT2D eigenvalue weighted by Gasteiger charge is -2.27. The first-order valence-electron chi connectivity index (χ1n) is 5.78.